The highest BCUT2D eigenvalue weighted by Crippen LogP contribution is 2.24. The predicted octanol–water partition coefficient (Wildman–Crippen LogP) is 3.36. The average molecular weight is 286 g/mol. The van der Waals surface area contributed by atoms with Gasteiger partial charge < -0.3 is 5.32 Å². The maximum atomic E-state index is 13.8. The van der Waals surface area contributed by atoms with Crippen LogP contribution in [0.25, 0.3) is 11.3 Å². The maximum Gasteiger partial charge on any atom is 0.164 e. The number of halogens is 2. The molecular weight excluding hydrogens is 274 g/mol. The Morgan fingerprint density at radius 1 is 1.05 bits per heavy atom. The van der Waals surface area contributed by atoms with Crippen molar-refractivity contribution in [3.63, 3.8) is 0 Å². The molecule has 3 aromatic rings. The summed E-state index contributed by atoms with van der Waals surface area (Å²) in [6.45, 7) is 0.321. The third-order valence-electron chi connectivity index (χ3n) is 3.10. The topological polar surface area (TPSA) is 53.6 Å². The molecule has 21 heavy (non-hydrogen) atoms. The van der Waals surface area contributed by atoms with E-state index in [1.807, 2.05) is 0 Å². The molecule has 0 fully saturated rings. The van der Waals surface area contributed by atoms with Gasteiger partial charge in [-0.3, -0.25) is 10.1 Å². The number of hydrogen-bond acceptors (Lipinski definition) is 3. The van der Waals surface area contributed by atoms with E-state index in [2.05, 4.69) is 20.5 Å². The molecule has 2 aromatic heterocycles. The van der Waals surface area contributed by atoms with Crippen LogP contribution in [-0.2, 0) is 6.54 Å². The summed E-state index contributed by atoms with van der Waals surface area (Å²) in [6, 6.07) is 7.96. The first-order valence-corrected chi connectivity index (χ1v) is 6.36. The predicted molar refractivity (Wildman–Crippen MR) is 75.5 cm³/mol. The molecule has 0 aliphatic heterocycles. The van der Waals surface area contributed by atoms with E-state index in [1.54, 1.807) is 24.4 Å². The van der Waals surface area contributed by atoms with Gasteiger partial charge in [0.05, 0.1) is 23.8 Å². The van der Waals surface area contributed by atoms with E-state index in [0.29, 0.717) is 23.5 Å². The van der Waals surface area contributed by atoms with Gasteiger partial charge in [-0.2, -0.15) is 5.10 Å². The van der Waals surface area contributed by atoms with Crippen LogP contribution in [0.4, 0.5) is 14.5 Å². The molecule has 0 atom stereocenters. The number of nitrogens with one attached hydrogen (secondary N) is 2. The largest absolute Gasteiger partial charge is 0.378 e. The molecule has 0 unspecified atom stereocenters. The van der Waals surface area contributed by atoms with Crippen molar-refractivity contribution in [3.05, 3.63) is 66.1 Å². The summed E-state index contributed by atoms with van der Waals surface area (Å²) in [5.41, 5.74) is 2.10. The number of anilines is 1. The number of benzene rings is 1. The highest BCUT2D eigenvalue weighted by atomic mass is 19.1. The second kappa shape index (κ2) is 5.70. The van der Waals surface area contributed by atoms with Crippen LogP contribution in [0.5, 0.6) is 0 Å². The molecule has 2 N–H and O–H groups in total. The quantitative estimate of drug-likeness (QED) is 0.773. The fourth-order valence-electron chi connectivity index (χ4n) is 2.05. The molecule has 0 spiro atoms. The van der Waals surface area contributed by atoms with Crippen LogP contribution in [0.1, 0.15) is 5.56 Å². The Balaban J connectivity index is 1.84. The minimum absolute atomic E-state index is 0.321. The van der Waals surface area contributed by atoms with Crippen LogP contribution in [0.15, 0.2) is 48.9 Å². The van der Waals surface area contributed by atoms with E-state index < -0.39 is 5.82 Å². The standard InChI is InChI=1S/C15H12F2N4/c16-12-4-2-1-3-11(12)15-10(8-20-21-15)7-19-14-5-6-18-9-13(14)17/h1-6,8-9H,7H2,(H,18,19)(H,20,21). The Kier molecular flexibility index (Phi) is 3.59. The number of pyridine rings is 1. The van der Waals surface area contributed by atoms with E-state index in [4.69, 9.17) is 0 Å². The first-order chi connectivity index (χ1) is 10.3. The van der Waals surface area contributed by atoms with Gasteiger partial charge in [0.15, 0.2) is 5.82 Å². The van der Waals surface area contributed by atoms with Crippen molar-refractivity contribution in [2.45, 2.75) is 6.54 Å². The molecule has 0 saturated heterocycles. The Morgan fingerprint density at radius 2 is 1.90 bits per heavy atom. The zero-order valence-corrected chi connectivity index (χ0v) is 11.0. The van der Waals surface area contributed by atoms with Gasteiger partial charge in [0, 0.05) is 23.9 Å². The van der Waals surface area contributed by atoms with E-state index in [-0.39, 0.29) is 5.82 Å². The zero-order valence-electron chi connectivity index (χ0n) is 11.0. The molecule has 0 saturated carbocycles. The SMILES string of the molecule is Fc1cnccc1NCc1cn[nH]c1-c1ccccc1F. The number of nitrogens with zero attached hydrogens (tertiary/aromatic N) is 2. The molecule has 6 heteroatoms. The molecule has 0 amide bonds. The van der Waals surface area contributed by atoms with Gasteiger partial charge in [-0.15, -0.1) is 0 Å². The lowest BCUT2D eigenvalue weighted by Crippen LogP contribution is -2.02. The van der Waals surface area contributed by atoms with Crippen molar-refractivity contribution in [2.75, 3.05) is 5.32 Å². The summed E-state index contributed by atoms with van der Waals surface area (Å²) in [7, 11) is 0. The molecule has 0 aliphatic rings. The van der Waals surface area contributed by atoms with Gasteiger partial charge in [-0.25, -0.2) is 8.78 Å². The summed E-state index contributed by atoms with van der Waals surface area (Å²) in [5, 5.41) is 9.66. The zero-order chi connectivity index (χ0) is 14.7. The lowest BCUT2D eigenvalue weighted by molar-refractivity contribution is 0.623. The monoisotopic (exact) mass is 286 g/mol. The summed E-state index contributed by atoms with van der Waals surface area (Å²) in [5.74, 6) is -0.772. The number of H-pyrrole nitrogens is 1. The number of aromatic nitrogens is 3. The Labute approximate surface area is 119 Å². The Morgan fingerprint density at radius 3 is 2.71 bits per heavy atom. The molecule has 1 aromatic carbocycles. The van der Waals surface area contributed by atoms with Gasteiger partial charge >= 0.3 is 0 Å². The maximum absolute atomic E-state index is 13.8. The smallest absolute Gasteiger partial charge is 0.164 e. The molecule has 0 aliphatic carbocycles. The molecule has 0 radical (unpaired) electrons. The second-order valence-corrected chi connectivity index (χ2v) is 4.46. The van der Waals surface area contributed by atoms with E-state index in [0.717, 1.165) is 11.8 Å². The fraction of sp³-hybridized carbons (Fsp3) is 0.0667. The van der Waals surface area contributed by atoms with Crippen LogP contribution < -0.4 is 5.32 Å². The lowest BCUT2D eigenvalue weighted by Gasteiger charge is -2.08. The highest BCUT2D eigenvalue weighted by Gasteiger charge is 2.12. The van der Waals surface area contributed by atoms with Crippen LogP contribution >= 0.6 is 0 Å². The van der Waals surface area contributed by atoms with E-state index >= 15 is 0 Å². The van der Waals surface area contributed by atoms with Crippen molar-refractivity contribution in [1.29, 1.82) is 0 Å². The van der Waals surface area contributed by atoms with Gasteiger partial charge in [-0.05, 0) is 18.2 Å². The Bertz CT molecular complexity index is 755. The van der Waals surface area contributed by atoms with Gasteiger partial charge in [0.1, 0.15) is 5.82 Å². The lowest BCUT2D eigenvalue weighted by atomic mass is 10.1. The van der Waals surface area contributed by atoms with E-state index in [1.165, 1.54) is 18.3 Å². The second-order valence-electron chi connectivity index (χ2n) is 4.46. The minimum atomic E-state index is -0.437. The highest BCUT2D eigenvalue weighted by molar-refractivity contribution is 5.63. The van der Waals surface area contributed by atoms with Gasteiger partial charge in [0.25, 0.3) is 0 Å². The van der Waals surface area contributed by atoms with Crippen LogP contribution in [-0.4, -0.2) is 15.2 Å². The van der Waals surface area contributed by atoms with Crippen LogP contribution in [0.2, 0.25) is 0 Å². The summed E-state index contributed by atoms with van der Waals surface area (Å²) in [6.07, 6.45) is 4.22. The number of aromatic amines is 1. The van der Waals surface area contributed by atoms with Crippen LogP contribution in [0, 0.1) is 11.6 Å². The van der Waals surface area contributed by atoms with Crippen molar-refractivity contribution in [2.24, 2.45) is 0 Å². The van der Waals surface area contributed by atoms with Crippen molar-refractivity contribution < 1.29 is 8.78 Å². The average Bonchev–Trinajstić information content (AvgIpc) is 2.95. The number of hydrogen-bond donors (Lipinski definition) is 2. The van der Waals surface area contributed by atoms with Gasteiger partial charge in [0.2, 0.25) is 0 Å². The first-order valence-electron chi connectivity index (χ1n) is 6.36. The molecule has 4 nitrogen and oxygen atoms in total. The first kappa shape index (κ1) is 13.2. The Hall–Kier alpha value is -2.76. The van der Waals surface area contributed by atoms with Gasteiger partial charge in [-0.1, -0.05) is 12.1 Å². The third-order valence-corrected chi connectivity index (χ3v) is 3.10. The molecule has 2 heterocycles. The van der Waals surface area contributed by atoms with Crippen molar-refractivity contribution >= 4 is 5.69 Å². The molecule has 3 rings (SSSR count). The van der Waals surface area contributed by atoms with E-state index in [9.17, 15) is 8.78 Å². The molecular formula is C15H12F2N4. The van der Waals surface area contributed by atoms with Crippen molar-refractivity contribution in [3.8, 4) is 11.3 Å². The fourth-order valence-corrected chi connectivity index (χ4v) is 2.05. The summed E-state index contributed by atoms with van der Waals surface area (Å²) < 4.78 is 27.3. The number of rotatable bonds is 4. The van der Waals surface area contributed by atoms with Crippen LogP contribution in [0.3, 0.4) is 0 Å². The summed E-state index contributed by atoms with van der Waals surface area (Å²) in [4.78, 5) is 3.68. The normalized spacial score (nSPS) is 10.6. The summed E-state index contributed by atoms with van der Waals surface area (Å²) >= 11 is 0. The van der Waals surface area contributed by atoms with Crippen molar-refractivity contribution in [1.82, 2.24) is 15.2 Å². The minimum Gasteiger partial charge on any atom is -0.378 e. The molecule has 0 bridgehead atoms. The third kappa shape index (κ3) is 2.74. The molecule has 106 valence electrons.